The second-order valence-electron chi connectivity index (χ2n) is 7.61. The van der Waals surface area contributed by atoms with Crippen molar-refractivity contribution in [2.75, 3.05) is 37.8 Å². The Bertz CT molecular complexity index is 1010. The van der Waals surface area contributed by atoms with Crippen LogP contribution in [0.3, 0.4) is 0 Å². The molecule has 0 radical (unpaired) electrons. The number of fused-ring (bicyclic) bond motifs is 1. The summed E-state index contributed by atoms with van der Waals surface area (Å²) >= 11 is 3.15. The van der Waals surface area contributed by atoms with Gasteiger partial charge in [0.15, 0.2) is 5.13 Å². The summed E-state index contributed by atoms with van der Waals surface area (Å²) in [5.41, 5.74) is 3.36. The normalized spacial score (nSPS) is 11.0. The largest absolute Gasteiger partial charge is 0.309 e. The number of anilines is 1. The van der Waals surface area contributed by atoms with Gasteiger partial charge in [-0.1, -0.05) is 17.4 Å². The highest BCUT2D eigenvalue weighted by Gasteiger charge is 2.20. The van der Waals surface area contributed by atoms with Crippen LogP contribution in [0.25, 0.3) is 10.2 Å². The van der Waals surface area contributed by atoms with Crippen LogP contribution in [0.1, 0.15) is 24.0 Å². The number of nitrogens with zero attached hydrogens (tertiary/aromatic N) is 3. The molecule has 2 aromatic carbocycles. The van der Waals surface area contributed by atoms with Gasteiger partial charge < -0.3 is 4.90 Å². The third-order valence-corrected chi connectivity index (χ3v) is 7.05. The standard InChI is InChI=1S/C23H28FN3OS2.ClH/c1-16-6-11-20-22(17(16)2)25-23(30-20)27(14-5-13-26(3)4)21(28)12-15-29-19-9-7-18(24)8-10-19;/h6-11H,5,12-15H2,1-4H3;1H. The highest BCUT2D eigenvalue weighted by molar-refractivity contribution is 7.99. The van der Waals surface area contributed by atoms with Crippen molar-refractivity contribution >= 4 is 56.8 Å². The lowest BCUT2D eigenvalue weighted by Crippen LogP contribution is -2.33. The fourth-order valence-electron chi connectivity index (χ4n) is 3.12. The monoisotopic (exact) mass is 481 g/mol. The van der Waals surface area contributed by atoms with E-state index >= 15 is 0 Å². The fourth-order valence-corrected chi connectivity index (χ4v) is 5.03. The van der Waals surface area contributed by atoms with Gasteiger partial charge in [0.05, 0.1) is 10.2 Å². The maximum atomic E-state index is 13.1. The fraction of sp³-hybridized carbons (Fsp3) is 0.391. The molecule has 8 heteroatoms. The van der Waals surface area contributed by atoms with Crippen molar-refractivity contribution < 1.29 is 9.18 Å². The zero-order valence-corrected chi connectivity index (χ0v) is 20.8. The summed E-state index contributed by atoms with van der Waals surface area (Å²) in [4.78, 5) is 22.9. The first-order valence-electron chi connectivity index (χ1n) is 10.1. The molecule has 168 valence electrons. The summed E-state index contributed by atoms with van der Waals surface area (Å²) in [6, 6.07) is 10.6. The first-order valence-corrected chi connectivity index (χ1v) is 11.9. The molecule has 0 aliphatic carbocycles. The van der Waals surface area contributed by atoms with Gasteiger partial charge in [0.2, 0.25) is 5.91 Å². The molecule has 0 aliphatic rings. The molecule has 3 aromatic rings. The number of thiazole rings is 1. The molecular formula is C23H29ClFN3OS2. The van der Waals surface area contributed by atoms with Crippen molar-refractivity contribution in [3.63, 3.8) is 0 Å². The topological polar surface area (TPSA) is 36.4 Å². The number of hydrogen-bond donors (Lipinski definition) is 0. The highest BCUT2D eigenvalue weighted by Crippen LogP contribution is 2.32. The van der Waals surface area contributed by atoms with E-state index < -0.39 is 0 Å². The van der Waals surface area contributed by atoms with Crippen LogP contribution in [0.5, 0.6) is 0 Å². The van der Waals surface area contributed by atoms with Gasteiger partial charge in [0.25, 0.3) is 0 Å². The molecule has 0 saturated carbocycles. The Balaban J connectivity index is 0.00000341. The molecule has 0 spiro atoms. The van der Waals surface area contributed by atoms with Gasteiger partial charge >= 0.3 is 0 Å². The van der Waals surface area contributed by atoms with Crippen molar-refractivity contribution in [1.29, 1.82) is 0 Å². The summed E-state index contributed by atoms with van der Waals surface area (Å²) in [5.74, 6) is 0.484. The SMILES string of the molecule is Cc1ccc2sc(N(CCCN(C)C)C(=O)CCSc3ccc(F)cc3)nc2c1C.Cl. The van der Waals surface area contributed by atoms with Gasteiger partial charge in [0.1, 0.15) is 5.82 Å². The third-order valence-electron chi connectivity index (χ3n) is 4.99. The van der Waals surface area contributed by atoms with Gasteiger partial charge in [-0.2, -0.15) is 0 Å². The predicted octanol–water partition coefficient (Wildman–Crippen LogP) is 5.94. The molecule has 1 aromatic heterocycles. The van der Waals surface area contributed by atoms with Crippen molar-refractivity contribution in [2.24, 2.45) is 0 Å². The second-order valence-corrected chi connectivity index (χ2v) is 9.78. The van der Waals surface area contributed by atoms with Crippen LogP contribution in [-0.4, -0.2) is 48.7 Å². The van der Waals surface area contributed by atoms with Crippen LogP contribution in [0, 0.1) is 19.7 Å². The highest BCUT2D eigenvalue weighted by atomic mass is 35.5. The first kappa shape index (κ1) is 25.6. The van der Waals surface area contributed by atoms with Crippen LogP contribution in [-0.2, 0) is 4.79 Å². The number of aryl methyl sites for hydroxylation is 2. The Kier molecular flexibility index (Phi) is 9.75. The van der Waals surface area contributed by atoms with Gasteiger partial charge in [-0.15, -0.1) is 24.2 Å². The summed E-state index contributed by atoms with van der Waals surface area (Å²) in [6.07, 6.45) is 1.30. The molecule has 31 heavy (non-hydrogen) atoms. The third kappa shape index (κ3) is 6.91. The van der Waals surface area contributed by atoms with Crippen LogP contribution < -0.4 is 4.90 Å². The molecule has 0 unspecified atom stereocenters. The van der Waals surface area contributed by atoms with Crippen LogP contribution in [0.15, 0.2) is 41.3 Å². The number of amides is 1. The summed E-state index contributed by atoms with van der Waals surface area (Å²) in [5, 5.41) is 0.772. The molecule has 0 saturated heterocycles. The Labute approximate surface area is 198 Å². The van der Waals surface area contributed by atoms with Crippen molar-refractivity contribution in [3.8, 4) is 0 Å². The van der Waals surface area contributed by atoms with E-state index in [0.29, 0.717) is 18.7 Å². The quantitative estimate of drug-likeness (QED) is 0.354. The number of benzene rings is 2. The lowest BCUT2D eigenvalue weighted by atomic mass is 10.1. The van der Waals surface area contributed by atoms with Gasteiger partial charge in [-0.3, -0.25) is 9.69 Å². The predicted molar refractivity (Wildman–Crippen MR) is 134 cm³/mol. The van der Waals surface area contributed by atoms with Crippen LogP contribution in [0.2, 0.25) is 0 Å². The average molecular weight is 482 g/mol. The molecule has 1 amide bonds. The smallest absolute Gasteiger partial charge is 0.229 e. The Morgan fingerprint density at radius 1 is 1.10 bits per heavy atom. The van der Waals surface area contributed by atoms with E-state index in [4.69, 9.17) is 4.98 Å². The molecule has 0 fully saturated rings. The Hall–Kier alpha value is -1.67. The van der Waals surface area contributed by atoms with Gasteiger partial charge in [-0.05, 0) is 82.4 Å². The van der Waals surface area contributed by atoms with Gasteiger partial charge in [0, 0.05) is 23.6 Å². The summed E-state index contributed by atoms with van der Waals surface area (Å²) in [6.45, 7) is 5.73. The minimum atomic E-state index is -0.246. The lowest BCUT2D eigenvalue weighted by molar-refractivity contribution is -0.118. The van der Waals surface area contributed by atoms with Crippen molar-refractivity contribution in [3.05, 3.63) is 53.3 Å². The molecule has 4 nitrogen and oxygen atoms in total. The minimum Gasteiger partial charge on any atom is -0.309 e. The van der Waals surface area contributed by atoms with Crippen molar-refractivity contribution in [1.82, 2.24) is 9.88 Å². The molecular weight excluding hydrogens is 453 g/mol. The summed E-state index contributed by atoms with van der Waals surface area (Å²) in [7, 11) is 4.07. The number of aromatic nitrogens is 1. The molecule has 0 N–H and O–H groups in total. The zero-order chi connectivity index (χ0) is 21.7. The van der Waals surface area contributed by atoms with Crippen LogP contribution >= 0.6 is 35.5 Å². The average Bonchev–Trinajstić information content (AvgIpc) is 3.14. The van der Waals surface area contributed by atoms with Crippen LogP contribution in [0.4, 0.5) is 9.52 Å². The van der Waals surface area contributed by atoms with E-state index in [-0.39, 0.29) is 24.1 Å². The molecule has 3 rings (SSSR count). The van der Waals surface area contributed by atoms with E-state index in [1.54, 1.807) is 35.2 Å². The molecule has 0 aliphatic heterocycles. The maximum Gasteiger partial charge on any atom is 0.229 e. The summed E-state index contributed by atoms with van der Waals surface area (Å²) < 4.78 is 14.2. The lowest BCUT2D eigenvalue weighted by Gasteiger charge is -2.21. The first-order chi connectivity index (χ1) is 14.3. The Morgan fingerprint density at radius 2 is 1.81 bits per heavy atom. The van der Waals surface area contributed by atoms with E-state index in [0.717, 1.165) is 33.2 Å². The van der Waals surface area contributed by atoms with Crippen molar-refractivity contribution in [2.45, 2.75) is 31.6 Å². The Morgan fingerprint density at radius 3 is 2.48 bits per heavy atom. The minimum absolute atomic E-state index is 0. The number of carbonyl (C=O) groups excluding carboxylic acids is 1. The zero-order valence-electron chi connectivity index (χ0n) is 18.4. The number of halogens is 2. The van der Waals surface area contributed by atoms with E-state index in [1.165, 1.54) is 23.3 Å². The number of hydrogen-bond acceptors (Lipinski definition) is 5. The maximum absolute atomic E-state index is 13.1. The molecule has 1 heterocycles. The van der Waals surface area contributed by atoms with Gasteiger partial charge in [-0.25, -0.2) is 9.37 Å². The number of carbonyl (C=O) groups is 1. The van der Waals surface area contributed by atoms with E-state index in [9.17, 15) is 9.18 Å². The molecule has 0 bridgehead atoms. The number of rotatable bonds is 9. The van der Waals surface area contributed by atoms with E-state index in [1.807, 2.05) is 19.0 Å². The second kappa shape index (κ2) is 11.8. The van der Waals surface area contributed by atoms with E-state index in [2.05, 4.69) is 30.9 Å². The number of thioether (sulfide) groups is 1. The molecule has 0 atom stereocenters.